The highest BCUT2D eigenvalue weighted by Crippen LogP contribution is 2.17. The van der Waals surface area contributed by atoms with Crippen LogP contribution in [0.25, 0.3) is 0 Å². The van der Waals surface area contributed by atoms with Crippen LogP contribution < -0.4 is 0 Å². The van der Waals surface area contributed by atoms with Crippen molar-refractivity contribution in [2.24, 2.45) is 0 Å². The Balaban J connectivity index is 2.25. The van der Waals surface area contributed by atoms with E-state index >= 15 is 0 Å². The largest absolute Gasteiger partial charge is 0.428 e. The lowest BCUT2D eigenvalue weighted by Crippen LogP contribution is -1.92. The second-order valence-electron chi connectivity index (χ2n) is 2.74. The molecule has 0 saturated carbocycles. The maximum Gasteiger partial charge on any atom is 0.220 e. The Morgan fingerprint density at radius 1 is 1.43 bits per heavy atom. The highest BCUT2D eigenvalue weighted by Gasteiger charge is 2.06. The Morgan fingerprint density at radius 2 is 2.29 bits per heavy atom. The van der Waals surface area contributed by atoms with Crippen molar-refractivity contribution in [3.8, 4) is 0 Å². The van der Waals surface area contributed by atoms with E-state index in [2.05, 4.69) is 26.1 Å². The summed E-state index contributed by atoms with van der Waals surface area (Å²) >= 11 is 3.18. The molecule has 2 aromatic rings. The van der Waals surface area contributed by atoms with E-state index in [1.807, 2.05) is 0 Å². The van der Waals surface area contributed by atoms with Crippen molar-refractivity contribution in [2.75, 3.05) is 0 Å². The highest BCUT2D eigenvalue weighted by atomic mass is 79.9. The number of nitrogens with zero attached hydrogens (tertiary/aromatic N) is 2. The van der Waals surface area contributed by atoms with Gasteiger partial charge in [-0.25, -0.2) is 4.39 Å². The third kappa shape index (κ3) is 1.98. The van der Waals surface area contributed by atoms with Crippen molar-refractivity contribution in [3.63, 3.8) is 0 Å². The Kier molecular flexibility index (Phi) is 2.58. The van der Waals surface area contributed by atoms with E-state index < -0.39 is 0 Å². The van der Waals surface area contributed by atoms with Crippen LogP contribution in [0.15, 0.2) is 33.5 Å². The third-order valence-electron chi connectivity index (χ3n) is 1.76. The van der Waals surface area contributed by atoms with Gasteiger partial charge in [0, 0.05) is 4.47 Å². The molecule has 0 aliphatic carbocycles. The second-order valence-corrected chi connectivity index (χ2v) is 3.66. The van der Waals surface area contributed by atoms with Crippen LogP contribution in [-0.4, -0.2) is 10.2 Å². The third-order valence-corrected chi connectivity index (χ3v) is 2.26. The van der Waals surface area contributed by atoms with Crippen molar-refractivity contribution in [2.45, 2.75) is 6.42 Å². The van der Waals surface area contributed by atoms with Crippen LogP contribution in [-0.2, 0) is 6.42 Å². The van der Waals surface area contributed by atoms with Gasteiger partial charge in [0.2, 0.25) is 12.3 Å². The van der Waals surface area contributed by atoms with Gasteiger partial charge in [-0.05, 0) is 17.7 Å². The summed E-state index contributed by atoms with van der Waals surface area (Å²) in [6.45, 7) is 0. The van der Waals surface area contributed by atoms with Gasteiger partial charge in [-0.3, -0.25) is 0 Å². The average molecular weight is 257 g/mol. The maximum atomic E-state index is 13.3. The molecule has 14 heavy (non-hydrogen) atoms. The van der Waals surface area contributed by atoms with Crippen molar-refractivity contribution < 1.29 is 8.81 Å². The first kappa shape index (κ1) is 9.33. The zero-order valence-electron chi connectivity index (χ0n) is 7.08. The Labute approximate surface area is 88.1 Å². The normalized spacial score (nSPS) is 10.4. The lowest BCUT2D eigenvalue weighted by atomic mass is 10.1. The molecule has 0 bridgehead atoms. The van der Waals surface area contributed by atoms with Crippen molar-refractivity contribution in [1.82, 2.24) is 10.2 Å². The van der Waals surface area contributed by atoms with E-state index in [1.165, 1.54) is 12.5 Å². The summed E-state index contributed by atoms with van der Waals surface area (Å²) in [6.07, 6.45) is 1.55. The van der Waals surface area contributed by atoms with Gasteiger partial charge in [-0.15, -0.1) is 10.2 Å². The first-order valence-corrected chi connectivity index (χ1v) is 4.74. The summed E-state index contributed by atoms with van der Waals surface area (Å²) in [5, 5.41) is 7.20. The van der Waals surface area contributed by atoms with Crippen molar-refractivity contribution in [1.29, 1.82) is 0 Å². The number of hydrogen-bond acceptors (Lipinski definition) is 3. The van der Waals surface area contributed by atoms with E-state index in [0.717, 1.165) is 0 Å². The molecule has 0 radical (unpaired) electrons. The van der Waals surface area contributed by atoms with Gasteiger partial charge in [0.05, 0.1) is 6.42 Å². The summed E-state index contributed by atoms with van der Waals surface area (Å²) in [4.78, 5) is 0. The van der Waals surface area contributed by atoms with Crippen LogP contribution in [0.2, 0.25) is 0 Å². The van der Waals surface area contributed by atoms with Crippen molar-refractivity contribution >= 4 is 15.9 Å². The molecule has 0 aliphatic rings. The molecule has 0 aliphatic heterocycles. The minimum absolute atomic E-state index is 0.280. The summed E-state index contributed by atoms with van der Waals surface area (Å²) in [7, 11) is 0. The van der Waals surface area contributed by atoms with Gasteiger partial charge in [0.1, 0.15) is 5.82 Å². The highest BCUT2D eigenvalue weighted by molar-refractivity contribution is 9.10. The molecular weight excluding hydrogens is 251 g/mol. The minimum Gasteiger partial charge on any atom is -0.428 e. The van der Waals surface area contributed by atoms with Crippen LogP contribution in [0.3, 0.4) is 0 Å². The van der Waals surface area contributed by atoms with E-state index in [-0.39, 0.29) is 5.82 Å². The molecule has 3 nitrogen and oxygen atoms in total. The molecule has 0 unspecified atom stereocenters. The Hall–Kier alpha value is -1.23. The molecule has 0 atom stereocenters. The smallest absolute Gasteiger partial charge is 0.220 e. The summed E-state index contributed by atoms with van der Waals surface area (Å²) in [5.74, 6) is 0.129. The van der Waals surface area contributed by atoms with E-state index in [1.54, 1.807) is 12.1 Å². The molecule has 0 spiro atoms. The van der Waals surface area contributed by atoms with Crippen LogP contribution in [0, 0.1) is 5.82 Å². The van der Waals surface area contributed by atoms with E-state index in [9.17, 15) is 4.39 Å². The Bertz CT molecular complexity index is 430. The van der Waals surface area contributed by atoms with Crippen LogP contribution in [0.4, 0.5) is 4.39 Å². The maximum absolute atomic E-state index is 13.3. The van der Waals surface area contributed by atoms with Gasteiger partial charge >= 0.3 is 0 Å². The number of halogens is 2. The summed E-state index contributed by atoms with van der Waals surface area (Å²) < 4.78 is 19.0. The number of benzene rings is 1. The molecule has 1 aromatic carbocycles. The Morgan fingerprint density at radius 3 is 2.93 bits per heavy atom. The molecule has 1 heterocycles. The van der Waals surface area contributed by atoms with E-state index in [4.69, 9.17) is 4.42 Å². The van der Waals surface area contributed by atoms with Gasteiger partial charge in [0.15, 0.2) is 0 Å². The SMILES string of the molecule is Fc1cc(Br)ccc1Cc1nnco1. The van der Waals surface area contributed by atoms with Crippen LogP contribution in [0.1, 0.15) is 11.5 Å². The molecule has 1 aromatic heterocycles. The molecule has 0 amide bonds. The molecule has 0 saturated heterocycles. The molecule has 5 heteroatoms. The number of hydrogen-bond donors (Lipinski definition) is 0. The zero-order chi connectivity index (χ0) is 9.97. The quantitative estimate of drug-likeness (QED) is 0.829. The fraction of sp³-hybridized carbons (Fsp3) is 0.111. The van der Waals surface area contributed by atoms with Gasteiger partial charge < -0.3 is 4.42 Å². The monoisotopic (exact) mass is 256 g/mol. The fourth-order valence-corrected chi connectivity index (χ4v) is 1.43. The first-order chi connectivity index (χ1) is 6.75. The lowest BCUT2D eigenvalue weighted by molar-refractivity contribution is 0.499. The predicted molar refractivity (Wildman–Crippen MR) is 51.2 cm³/mol. The lowest BCUT2D eigenvalue weighted by Gasteiger charge is -1.99. The predicted octanol–water partition coefficient (Wildman–Crippen LogP) is 2.56. The van der Waals surface area contributed by atoms with Crippen LogP contribution in [0.5, 0.6) is 0 Å². The zero-order valence-corrected chi connectivity index (χ0v) is 8.66. The summed E-state index contributed by atoms with van der Waals surface area (Å²) in [6, 6.07) is 4.87. The van der Waals surface area contributed by atoms with Gasteiger partial charge in [-0.2, -0.15) is 0 Å². The number of rotatable bonds is 2. The average Bonchev–Trinajstić information content (AvgIpc) is 2.62. The fourth-order valence-electron chi connectivity index (χ4n) is 1.10. The second kappa shape index (κ2) is 3.88. The minimum atomic E-state index is -0.280. The van der Waals surface area contributed by atoms with Crippen molar-refractivity contribution in [3.05, 3.63) is 46.3 Å². The van der Waals surface area contributed by atoms with Crippen LogP contribution >= 0.6 is 15.9 Å². The molecular formula is C9H6BrFN2O. The van der Waals surface area contributed by atoms with Gasteiger partial charge in [-0.1, -0.05) is 22.0 Å². The topological polar surface area (TPSA) is 38.9 Å². The molecule has 72 valence electrons. The van der Waals surface area contributed by atoms with E-state index in [0.29, 0.717) is 22.3 Å². The summed E-state index contributed by atoms with van der Waals surface area (Å²) in [5.41, 5.74) is 0.539. The first-order valence-electron chi connectivity index (χ1n) is 3.94. The standard InChI is InChI=1S/C9H6BrFN2O/c10-7-2-1-6(8(11)4-7)3-9-13-12-5-14-9/h1-2,4-5H,3H2. The molecule has 2 rings (SSSR count). The number of aromatic nitrogens is 2. The van der Waals surface area contributed by atoms with Gasteiger partial charge in [0.25, 0.3) is 0 Å². The molecule has 0 fully saturated rings. The molecule has 0 N–H and O–H groups in total.